The molecule has 1 heterocycles. The van der Waals surface area contributed by atoms with Gasteiger partial charge in [0.15, 0.2) is 0 Å². The molecular formula is C15H21NO2. The molecular weight excluding hydrogens is 226 g/mol. The number of nitrogens with zero attached hydrogens (tertiary/aromatic N) is 1. The van der Waals surface area contributed by atoms with Crippen LogP contribution in [0.4, 0.5) is 0 Å². The monoisotopic (exact) mass is 247 g/mol. The smallest absolute Gasteiger partial charge is 0.233 e. The van der Waals surface area contributed by atoms with Gasteiger partial charge in [0, 0.05) is 6.54 Å². The Morgan fingerprint density at radius 2 is 1.72 bits per heavy atom. The van der Waals surface area contributed by atoms with E-state index in [2.05, 4.69) is 26.0 Å². The lowest BCUT2D eigenvalue weighted by Crippen LogP contribution is -2.33. The van der Waals surface area contributed by atoms with Crippen LogP contribution in [0, 0.1) is 29.6 Å². The van der Waals surface area contributed by atoms with Crippen LogP contribution < -0.4 is 0 Å². The van der Waals surface area contributed by atoms with E-state index in [9.17, 15) is 9.59 Å². The van der Waals surface area contributed by atoms with E-state index in [-0.39, 0.29) is 23.7 Å². The third-order valence-electron chi connectivity index (χ3n) is 4.72. The van der Waals surface area contributed by atoms with Gasteiger partial charge in [0.1, 0.15) is 0 Å². The van der Waals surface area contributed by atoms with Crippen LogP contribution in [0.5, 0.6) is 0 Å². The second kappa shape index (κ2) is 4.22. The quantitative estimate of drug-likeness (QED) is 0.564. The fraction of sp³-hybridized carbons (Fsp3) is 0.733. The highest BCUT2D eigenvalue weighted by atomic mass is 16.2. The second-order valence-corrected chi connectivity index (χ2v) is 6.36. The van der Waals surface area contributed by atoms with Gasteiger partial charge in [-0.25, -0.2) is 0 Å². The van der Waals surface area contributed by atoms with Crippen molar-refractivity contribution in [3.05, 3.63) is 12.2 Å². The molecule has 1 aliphatic heterocycles. The zero-order valence-corrected chi connectivity index (χ0v) is 11.1. The van der Waals surface area contributed by atoms with Crippen molar-refractivity contribution < 1.29 is 9.59 Å². The highest BCUT2D eigenvalue weighted by molar-refractivity contribution is 6.06. The molecule has 1 saturated heterocycles. The van der Waals surface area contributed by atoms with E-state index in [1.54, 1.807) is 4.90 Å². The molecule has 0 spiro atoms. The predicted molar refractivity (Wildman–Crippen MR) is 68.5 cm³/mol. The van der Waals surface area contributed by atoms with Crippen LogP contribution in [-0.4, -0.2) is 23.3 Å². The number of carbonyl (C=O) groups is 2. The largest absolute Gasteiger partial charge is 0.282 e. The molecule has 3 rings (SSSR count). The SMILES string of the molecule is CC(C)CCCN1C(=O)C2C3C=CC(C3)C2C1=O. The Labute approximate surface area is 108 Å². The van der Waals surface area contributed by atoms with E-state index >= 15 is 0 Å². The van der Waals surface area contributed by atoms with Crippen molar-refractivity contribution in [2.75, 3.05) is 6.54 Å². The third-order valence-corrected chi connectivity index (χ3v) is 4.72. The van der Waals surface area contributed by atoms with E-state index in [1.165, 1.54) is 0 Å². The molecule has 0 aromatic carbocycles. The molecule has 4 atom stereocenters. The standard InChI is InChI=1S/C15H21NO2/c1-9(2)4-3-7-16-14(17)12-10-5-6-11(8-10)13(12)15(16)18/h5-6,9-13H,3-4,7-8H2,1-2H3. The summed E-state index contributed by atoms with van der Waals surface area (Å²) in [6.45, 7) is 4.97. The molecule has 0 aromatic heterocycles. The van der Waals surface area contributed by atoms with Gasteiger partial charge in [-0.05, 0) is 37.0 Å². The van der Waals surface area contributed by atoms with Crippen LogP contribution >= 0.6 is 0 Å². The van der Waals surface area contributed by atoms with Gasteiger partial charge in [0.25, 0.3) is 0 Å². The summed E-state index contributed by atoms with van der Waals surface area (Å²) in [7, 11) is 0. The number of imide groups is 1. The molecule has 2 amide bonds. The molecule has 2 aliphatic carbocycles. The van der Waals surface area contributed by atoms with E-state index in [4.69, 9.17) is 0 Å². The minimum atomic E-state index is -0.0217. The minimum absolute atomic E-state index is 0.0217. The van der Waals surface area contributed by atoms with Crippen LogP contribution in [-0.2, 0) is 9.59 Å². The Balaban J connectivity index is 1.68. The molecule has 0 radical (unpaired) electrons. The van der Waals surface area contributed by atoms with Crippen LogP contribution in [0.1, 0.15) is 33.1 Å². The van der Waals surface area contributed by atoms with E-state index in [0.29, 0.717) is 24.3 Å². The lowest BCUT2D eigenvalue weighted by molar-refractivity contribution is -0.140. The Bertz CT molecular complexity index is 383. The Kier molecular flexibility index (Phi) is 2.80. The molecule has 0 N–H and O–H groups in total. The first kappa shape index (κ1) is 11.9. The summed E-state index contributed by atoms with van der Waals surface area (Å²) >= 11 is 0. The maximum absolute atomic E-state index is 12.3. The highest BCUT2D eigenvalue weighted by Gasteiger charge is 2.58. The van der Waals surface area contributed by atoms with E-state index in [0.717, 1.165) is 19.3 Å². The van der Waals surface area contributed by atoms with E-state index < -0.39 is 0 Å². The first-order valence-electron chi connectivity index (χ1n) is 7.13. The van der Waals surface area contributed by atoms with Crippen LogP contribution in [0.3, 0.4) is 0 Å². The normalized spacial score (nSPS) is 37.2. The Morgan fingerprint density at radius 1 is 1.17 bits per heavy atom. The summed E-state index contributed by atoms with van der Waals surface area (Å²) in [6.07, 6.45) is 7.34. The average molecular weight is 247 g/mol. The van der Waals surface area contributed by atoms with Crippen LogP contribution in [0.25, 0.3) is 0 Å². The summed E-state index contributed by atoms with van der Waals surface area (Å²) in [5.41, 5.74) is 0. The lowest BCUT2D eigenvalue weighted by atomic mass is 9.85. The van der Waals surface area contributed by atoms with Gasteiger partial charge in [-0.1, -0.05) is 26.0 Å². The van der Waals surface area contributed by atoms with Crippen molar-refractivity contribution in [3.8, 4) is 0 Å². The van der Waals surface area contributed by atoms with Crippen molar-refractivity contribution >= 4 is 11.8 Å². The third kappa shape index (κ3) is 1.63. The molecule has 1 saturated carbocycles. The first-order valence-corrected chi connectivity index (χ1v) is 7.13. The topological polar surface area (TPSA) is 37.4 Å². The number of carbonyl (C=O) groups excluding carboxylic acids is 2. The molecule has 2 fully saturated rings. The number of amides is 2. The molecule has 98 valence electrons. The molecule has 3 aliphatic rings. The summed E-state index contributed by atoms with van der Waals surface area (Å²) in [4.78, 5) is 26.2. The van der Waals surface area contributed by atoms with Crippen LogP contribution in [0.2, 0.25) is 0 Å². The number of allylic oxidation sites excluding steroid dienone is 2. The highest BCUT2D eigenvalue weighted by Crippen LogP contribution is 2.52. The molecule has 4 unspecified atom stereocenters. The van der Waals surface area contributed by atoms with Crippen LogP contribution in [0.15, 0.2) is 12.2 Å². The first-order chi connectivity index (χ1) is 8.59. The van der Waals surface area contributed by atoms with Gasteiger partial charge in [-0.2, -0.15) is 0 Å². The maximum atomic E-state index is 12.3. The number of rotatable bonds is 4. The zero-order valence-electron chi connectivity index (χ0n) is 11.1. The summed E-state index contributed by atoms with van der Waals surface area (Å²) < 4.78 is 0. The predicted octanol–water partition coefficient (Wildman–Crippen LogP) is 2.23. The van der Waals surface area contributed by atoms with Crippen molar-refractivity contribution in [1.29, 1.82) is 0 Å². The maximum Gasteiger partial charge on any atom is 0.233 e. The number of fused-ring (bicyclic) bond motifs is 5. The zero-order chi connectivity index (χ0) is 12.9. The van der Waals surface area contributed by atoms with Gasteiger partial charge in [0.05, 0.1) is 11.8 Å². The van der Waals surface area contributed by atoms with Crippen molar-refractivity contribution in [2.24, 2.45) is 29.6 Å². The number of hydrogen-bond donors (Lipinski definition) is 0. The van der Waals surface area contributed by atoms with Gasteiger partial charge in [0.2, 0.25) is 11.8 Å². The number of hydrogen-bond acceptors (Lipinski definition) is 2. The van der Waals surface area contributed by atoms with E-state index in [1.807, 2.05) is 0 Å². The fourth-order valence-corrected chi connectivity index (χ4v) is 3.84. The van der Waals surface area contributed by atoms with Crippen molar-refractivity contribution in [2.45, 2.75) is 33.1 Å². The second-order valence-electron chi connectivity index (χ2n) is 6.36. The summed E-state index contributed by atoms with van der Waals surface area (Å²) in [6, 6.07) is 0. The minimum Gasteiger partial charge on any atom is -0.282 e. The lowest BCUT2D eigenvalue weighted by Gasteiger charge is -2.17. The molecule has 3 nitrogen and oxygen atoms in total. The van der Waals surface area contributed by atoms with Crippen molar-refractivity contribution in [1.82, 2.24) is 4.90 Å². The van der Waals surface area contributed by atoms with Gasteiger partial charge in [-0.15, -0.1) is 0 Å². The average Bonchev–Trinajstić information content (AvgIpc) is 2.97. The van der Waals surface area contributed by atoms with Gasteiger partial charge >= 0.3 is 0 Å². The van der Waals surface area contributed by atoms with Gasteiger partial charge < -0.3 is 0 Å². The molecule has 0 aromatic rings. The number of likely N-dealkylation sites (tertiary alicyclic amines) is 1. The molecule has 18 heavy (non-hydrogen) atoms. The Morgan fingerprint density at radius 3 is 2.22 bits per heavy atom. The summed E-state index contributed by atoms with van der Waals surface area (Å²) in [5.74, 6) is 1.47. The van der Waals surface area contributed by atoms with Crippen molar-refractivity contribution in [3.63, 3.8) is 0 Å². The molecule has 3 heteroatoms. The summed E-state index contributed by atoms with van der Waals surface area (Å²) in [5, 5.41) is 0. The fourth-order valence-electron chi connectivity index (χ4n) is 3.84. The Hall–Kier alpha value is -1.12. The molecule has 2 bridgehead atoms. The van der Waals surface area contributed by atoms with Gasteiger partial charge in [-0.3, -0.25) is 14.5 Å².